The van der Waals surface area contributed by atoms with Gasteiger partial charge in [0.15, 0.2) is 5.65 Å². The van der Waals surface area contributed by atoms with Crippen LogP contribution in [0.15, 0.2) is 35.5 Å². The van der Waals surface area contributed by atoms with Crippen LogP contribution in [0.4, 0.5) is 0 Å². The third-order valence-corrected chi connectivity index (χ3v) is 2.18. The second kappa shape index (κ2) is 3.20. The van der Waals surface area contributed by atoms with Crippen LogP contribution in [-0.4, -0.2) is 18.7 Å². The van der Waals surface area contributed by atoms with E-state index in [0.29, 0.717) is 5.65 Å². The summed E-state index contributed by atoms with van der Waals surface area (Å²) in [5, 5.41) is 0.850. The Hall–Kier alpha value is -1.33. The molecule has 0 saturated heterocycles. The van der Waals surface area contributed by atoms with Crippen LogP contribution in [-0.2, 0) is 11.1 Å². The molecule has 1 unspecified atom stereocenters. The SMILES string of the molecule is O=S([O-])c1ccc2cccnc2n1. The Morgan fingerprint density at radius 1 is 1.31 bits per heavy atom. The topological polar surface area (TPSA) is 65.9 Å². The summed E-state index contributed by atoms with van der Waals surface area (Å²) in [7, 11) is 0. The lowest BCUT2D eigenvalue weighted by atomic mass is 10.3. The van der Waals surface area contributed by atoms with Gasteiger partial charge in [-0.1, -0.05) is 0 Å². The van der Waals surface area contributed by atoms with Crippen LogP contribution in [0.5, 0.6) is 0 Å². The summed E-state index contributed by atoms with van der Waals surface area (Å²) in [6, 6.07) is 6.73. The quantitative estimate of drug-likeness (QED) is 0.630. The van der Waals surface area contributed by atoms with Gasteiger partial charge in [0.1, 0.15) is 5.03 Å². The average Bonchev–Trinajstić information content (AvgIpc) is 2.17. The zero-order valence-electron chi connectivity index (χ0n) is 6.51. The van der Waals surface area contributed by atoms with Crippen molar-refractivity contribution >= 4 is 22.1 Å². The summed E-state index contributed by atoms with van der Waals surface area (Å²) in [4.78, 5) is 7.79. The van der Waals surface area contributed by atoms with Crippen LogP contribution in [0.25, 0.3) is 11.0 Å². The van der Waals surface area contributed by atoms with Gasteiger partial charge >= 0.3 is 0 Å². The highest BCUT2D eigenvalue weighted by molar-refractivity contribution is 7.79. The molecule has 0 aliphatic heterocycles. The summed E-state index contributed by atoms with van der Waals surface area (Å²) >= 11 is -2.29. The lowest BCUT2D eigenvalue weighted by molar-refractivity contribution is 0.534. The van der Waals surface area contributed by atoms with E-state index in [2.05, 4.69) is 9.97 Å². The van der Waals surface area contributed by atoms with Crippen molar-refractivity contribution in [1.29, 1.82) is 0 Å². The first-order chi connectivity index (χ1) is 6.27. The molecule has 0 saturated carbocycles. The lowest BCUT2D eigenvalue weighted by Gasteiger charge is -2.03. The molecular weight excluding hydrogens is 188 g/mol. The Labute approximate surface area is 76.9 Å². The Morgan fingerprint density at radius 2 is 2.15 bits per heavy atom. The smallest absolute Gasteiger partial charge is 0.160 e. The molecule has 2 rings (SSSR count). The van der Waals surface area contributed by atoms with E-state index in [4.69, 9.17) is 0 Å². The molecule has 4 nitrogen and oxygen atoms in total. The average molecular weight is 193 g/mol. The first-order valence-electron chi connectivity index (χ1n) is 3.58. The summed E-state index contributed by atoms with van der Waals surface area (Å²) in [5.41, 5.74) is 0.448. The van der Waals surface area contributed by atoms with Crippen LogP contribution in [0.3, 0.4) is 0 Å². The number of nitrogens with zero attached hydrogens (tertiary/aromatic N) is 2. The molecule has 66 valence electrons. The predicted molar refractivity (Wildman–Crippen MR) is 46.7 cm³/mol. The predicted octanol–water partition coefficient (Wildman–Crippen LogP) is 0.868. The van der Waals surface area contributed by atoms with Crippen molar-refractivity contribution < 1.29 is 8.76 Å². The summed E-state index contributed by atoms with van der Waals surface area (Å²) in [6.45, 7) is 0. The van der Waals surface area contributed by atoms with Gasteiger partial charge in [-0.15, -0.1) is 0 Å². The molecule has 0 radical (unpaired) electrons. The Morgan fingerprint density at radius 3 is 2.92 bits per heavy atom. The highest BCUT2D eigenvalue weighted by Crippen LogP contribution is 2.10. The molecule has 0 fully saturated rings. The van der Waals surface area contributed by atoms with Gasteiger partial charge in [0.05, 0.1) is 0 Å². The molecule has 0 aliphatic carbocycles. The van der Waals surface area contributed by atoms with Crippen molar-refractivity contribution in [1.82, 2.24) is 9.97 Å². The van der Waals surface area contributed by atoms with Crippen LogP contribution in [0.1, 0.15) is 0 Å². The molecule has 0 aromatic carbocycles. The second-order valence-corrected chi connectivity index (χ2v) is 3.32. The highest BCUT2D eigenvalue weighted by atomic mass is 32.2. The maximum absolute atomic E-state index is 10.6. The van der Waals surface area contributed by atoms with Gasteiger partial charge in [-0.2, -0.15) is 0 Å². The summed E-state index contributed by atoms with van der Waals surface area (Å²) in [6.07, 6.45) is 1.58. The molecule has 2 aromatic rings. The van der Waals surface area contributed by atoms with Crippen LogP contribution >= 0.6 is 0 Å². The van der Waals surface area contributed by atoms with Gasteiger partial charge in [0.2, 0.25) is 0 Å². The molecule has 2 aromatic heterocycles. The fourth-order valence-corrected chi connectivity index (χ4v) is 1.37. The molecular formula is C8H5N2O2S-. The minimum atomic E-state index is -2.29. The monoisotopic (exact) mass is 193 g/mol. The maximum Gasteiger partial charge on any atom is 0.160 e. The lowest BCUT2D eigenvalue weighted by Crippen LogP contribution is -1.94. The number of hydrogen-bond donors (Lipinski definition) is 0. The van der Waals surface area contributed by atoms with E-state index >= 15 is 0 Å². The van der Waals surface area contributed by atoms with E-state index in [0.717, 1.165) is 5.39 Å². The van der Waals surface area contributed by atoms with Crippen molar-refractivity contribution in [3.63, 3.8) is 0 Å². The maximum atomic E-state index is 10.6. The number of pyridine rings is 2. The largest absolute Gasteiger partial charge is 0.767 e. The molecule has 5 heteroatoms. The fraction of sp³-hybridized carbons (Fsp3) is 0. The molecule has 0 aliphatic rings. The van der Waals surface area contributed by atoms with Crippen LogP contribution < -0.4 is 0 Å². The first-order valence-corrected chi connectivity index (χ1v) is 4.66. The molecule has 1 atom stereocenters. The van der Waals surface area contributed by atoms with Crippen molar-refractivity contribution in [2.45, 2.75) is 5.03 Å². The zero-order valence-corrected chi connectivity index (χ0v) is 7.32. The Kier molecular flexibility index (Phi) is 2.03. The van der Waals surface area contributed by atoms with E-state index in [1.165, 1.54) is 6.07 Å². The van der Waals surface area contributed by atoms with Gasteiger partial charge in [-0.25, -0.2) is 9.97 Å². The third kappa shape index (κ3) is 1.56. The number of fused-ring (bicyclic) bond motifs is 1. The molecule has 13 heavy (non-hydrogen) atoms. The van der Waals surface area contributed by atoms with Gasteiger partial charge < -0.3 is 4.55 Å². The highest BCUT2D eigenvalue weighted by Gasteiger charge is 1.97. The van der Waals surface area contributed by atoms with E-state index in [-0.39, 0.29) is 5.03 Å². The molecule has 0 spiro atoms. The summed E-state index contributed by atoms with van der Waals surface area (Å²) in [5.74, 6) is 0. The fourth-order valence-electron chi connectivity index (χ4n) is 1.03. The van der Waals surface area contributed by atoms with E-state index < -0.39 is 11.1 Å². The van der Waals surface area contributed by atoms with Crippen molar-refractivity contribution in [3.05, 3.63) is 30.5 Å². The van der Waals surface area contributed by atoms with Crippen LogP contribution in [0.2, 0.25) is 0 Å². The summed E-state index contributed by atoms with van der Waals surface area (Å²) < 4.78 is 21.1. The zero-order chi connectivity index (χ0) is 9.26. The van der Waals surface area contributed by atoms with Crippen LogP contribution in [0, 0.1) is 0 Å². The van der Waals surface area contributed by atoms with Gasteiger partial charge in [0, 0.05) is 11.6 Å². The first kappa shape index (κ1) is 8.28. The van der Waals surface area contributed by atoms with E-state index in [9.17, 15) is 8.76 Å². The number of hydrogen-bond acceptors (Lipinski definition) is 4. The number of aromatic nitrogens is 2. The van der Waals surface area contributed by atoms with Gasteiger partial charge in [-0.3, -0.25) is 4.21 Å². The third-order valence-electron chi connectivity index (χ3n) is 1.61. The van der Waals surface area contributed by atoms with E-state index in [1.807, 2.05) is 6.07 Å². The van der Waals surface area contributed by atoms with E-state index in [1.54, 1.807) is 18.3 Å². The van der Waals surface area contributed by atoms with Gasteiger partial charge in [-0.05, 0) is 35.3 Å². The standard InChI is InChI=1S/C8H6N2O2S/c11-13(12)7-4-3-6-2-1-5-9-8(6)10-7/h1-5H,(H,11,12)/p-1. The van der Waals surface area contributed by atoms with Crippen molar-refractivity contribution in [2.24, 2.45) is 0 Å². The molecule has 2 heterocycles. The molecule has 0 N–H and O–H groups in total. The number of rotatable bonds is 1. The Bertz CT molecular complexity index is 472. The Balaban J connectivity index is 2.69. The minimum absolute atomic E-state index is 0.0196. The van der Waals surface area contributed by atoms with Crippen molar-refractivity contribution in [2.75, 3.05) is 0 Å². The second-order valence-electron chi connectivity index (χ2n) is 2.43. The normalized spacial score (nSPS) is 13.0. The molecule has 0 bridgehead atoms. The molecule has 0 amide bonds. The minimum Gasteiger partial charge on any atom is -0.767 e. The van der Waals surface area contributed by atoms with Gasteiger partial charge in [0.25, 0.3) is 0 Å². The van der Waals surface area contributed by atoms with Crippen molar-refractivity contribution in [3.8, 4) is 0 Å².